The average molecular weight is 380 g/mol. The van der Waals surface area contributed by atoms with Crippen LogP contribution >= 0.6 is 11.8 Å². The van der Waals surface area contributed by atoms with E-state index in [1.807, 2.05) is 25.3 Å². The predicted molar refractivity (Wildman–Crippen MR) is 106 cm³/mol. The van der Waals surface area contributed by atoms with Gasteiger partial charge in [-0.05, 0) is 42.5 Å². The first kappa shape index (κ1) is 20.6. The van der Waals surface area contributed by atoms with Crippen LogP contribution in [-0.2, 0) is 16.1 Å². The third-order valence-electron chi connectivity index (χ3n) is 4.51. The Morgan fingerprint density at radius 2 is 2.27 bits per heavy atom. The molecule has 0 saturated carbocycles. The summed E-state index contributed by atoms with van der Waals surface area (Å²) in [6.07, 6.45) is 3.19. The van der Waals surface area contributed by atoms with Crippen LogP contribution in [0.15, 0.2) is 18.2 Å². The van der Waals surface area contributed by atoms with Crippen LogP contribution in [0.2, 0.25) is 0 Å². The van der Waals surface area contributed by atoms with E-state index in [9.17, 15) is 9.59 Å². The number of nitrogens with one attached hydrogen (secondary N) is 2. The van der Waals surface area contributed by atoms with E-state index >= 15 is 0 Å². The Morgan fingerprint density at radius 3 is 2.96 bits per heavy atom. The molecule has 1 fully saturated rings. The third kappa shape index (κ3) is 5.92. The molecule has 26 heavy (non-hydrogen) atoms. The molecule has 2 N–H and O–H groups in total. The number of amides is 2. The molecule has 7 heteroatoms. The number of nitrogens with zero attached hydrogens (tertiary/aromatic N) is 1. The Bertz CT molecular complexity index is 624. The summed E-state index contributed by atoms with van der Waals surface area (Å²) in [5, 5.41) is 5.79. The van der Waals surface area contributed by atoms with Crippen LogP contribution in [0.4, 0.5) is 0 Å². The van der Waals surface area contributed by atoms with Gasteiger partial charge in [0.1, 0.15) is 5.75 Å². The topological polar surface area (TPSA) is 70.7 Å². The summed E-state index contributed by atoms with van der Waals surface area (Å²) in [7, 11) is 1.66. The van der Waals surface area contributed by atoms with E-state index in [1.165, 1.54) is 0 Å². The summed E-state index contributed by atoms with van der Waals surface area (Å²) < 4.78 is 5.30. The number of hydrogen-bond acceptors (Lipinski definition) is 5. The van der Waals surface area contributed by atoms with Gasteiger partial charge in [-0.15, -0.1) is 0 Å². The van der Waals surface area contributed by atoms with Gasteiger partial charge in [-0.1, -0.05) is 12.1 Å². The van der Waals surface area contributed by atoms with Crippen molar-refractivity contribution in [1.29, 1.82) is 0 Å². The van der Waals surface area contributed by atoms with E-state index < -0.39 is 6.04 Å². The van der Waals surface area contributed by atoms with Crippen LogP contribution in [-0.4, -0.2) is 61.5 Å². The molecule has 1 aromatic rings. The summed E-state index contributed by atoms with van der Waals surface area (Å²) in [5.41, 5.74) is 2.18. The van der Waals surface area contributed by atoms with Gasteiger partial charge in [0.25, 0.3) is 0 Å². The van der Waals surface area contributed by atoms with Crippen LogP contribution in [0, 0.1) is 6.92 Å². The standard InChI is InChI=1S/C19H29N3O3S/c1-14-11-15(5-6-17(14)25-2)13-22-9-8-21-19(24)16(22)12-18(23)20-7-4-10-26-3/h5-6,11,16H,4,7-10,12-13H2,1-3H3,(H,20,23)(H,21,24). The molecule has 0 radical (unpaired) electrons. The lowest BCUT2D eigenvalue weighted by atomic mass is 10.1. The molecule has 6 nitrogen and oxygen atoms in total. The Morgan fingerprint density at radius 1 is 1.46 bits per heavy atom. The molecule has 0 spiro atoms. The molecule has 1 aromatic carbocycles. The lowest BCUT2D eigenvalue weighted by Gasteiger charge is -2.34. The quantitative estimate of drug-likeness (QED) is 0.637. The number of ether oxygens (including phenoxy) is 1. The number of piperazine rings is 1. The van der Waals surface area contributed by atoms with E-state index in [0.717, 1.165) is 35.6 Å². The van der Waals surface area contributed by atoms with Gasteiger partial charge in [0.2, 0.25) is 11.8 Å². The Hall–Kier alpha value is -1.73. The summed E-state index contributed by atoms with van der Waals surface area (Å²) in [6.45, 7) is 4.65. The molecule has 1 aliphatic heterocycles. The first-order chi connectivity index (χ1) is 12.5. The Balaban J connectivity index is 1.97. The minimum atomic E-state index is -0.424. The molecule has 1 unspecified atom stereocenters. The molecule has 1 atom stereocenters. The largest absolute Gasteiger partial charge is 0.496 e. The fraction of sp³-hybridized carbons (Fsp3) is 0.579. The highest BCUT2D eigenvalue weighted by molar-refractivity contribution is 7.98. The zero-order chi connectivity index (χ0) is 18.9. The van der Waals surface area contributed by atoms with Crippen molar-refractivity contribution in [3.8, 4) is 5.75 Å². The van der Waals surface area contributed by atoms with Crippen LogP contribution in [0.3, 0.4) is 0 Å². The van der Waals surface area contributed by atoms with Crippen molar-refractivity contribution in [3.63, 3.8) is 0 Å². The molecule has 1 aliphatic rings. The molecule has 2 rings (SSSR count). The van der Waals surface area contributed by atoms with Crippen LogP contribution in [0.5, 0.6) is 5.75 Å². The summed E-state index contributed by atoms with van der Waals surface area (Å²) >= 11 is 1.76. The molecular weight excluding hydrogens is 350 g/mol. The van der Waals surface area contributed by atoms with E-state index in [-0.39, 0.29) is 18.2 Å². The van der Waals surface area contributed by atoms with E-state index in [0.29, 0.717) is 19.6 Å². The van der Waals surface area contributed by atoms with Crippen molar-refractivity contribution in [1.82, 2.24) is 15.5 Å². The fourth-order valence-corrected chi connectivity index (χ4v) is 3.57. The second kappa shape index (κ2) is 10.4. The number of carbonyl (C=O) groups is 2. The number of benzene rings is 1. The first-order valence-electron chi connectivity index (χ1n) is 8.96. The molecule has 144 valence electrons. The minimum Gasteiger partial charge on any atom is -0.496 e. The second-order valence-corrected chi connectivity index (χ2v) is 7.47. The van der Waals surface area contributed by atoms with Gasteiger partial charge >= 0.3 is 0 Å². The minimum absolute atomic E-state index is 0.0657. The average Bonchev–Trinajstić information content (AvgIpc) is 2.62. The van der Waals surface area contributed by atoms with Gasteiger partial charge in [0.05, 0.1) is 19.6 Å². The smallest absolute Gasteiger partial charge is 0.237 e. The van der Waals surface area contributed by atoms with Gasteiger partial charge in [-0.3, -0.25) is 14.5 Å². The summed E-state index contributed by atoms with van der Waals surface area (Å²) in [5.74, 6) is 1.74. The highest BCUT2D eigenvalue weighted by Crippen LogP contribution is 2.21. The fourth-order valence-electron chi connectivity index (χ4n) is 3.14. The molecule has 1 heterocycles. The van der Waals surface area contributed by atoms with Crippen molar-refractivity contribution in [2.24, 2.45) is 0 Å². The Kier molecular flexibility index (Phi) is 8.25. The maximum Gasteiger partial charge on any atom is 0.237 e. The second-order valence-electron chi connectivity index (χ2n) is 6.48. The molecular formula is C19H29N3O3S. The number of rotatable bonds is 9. The van der Waals surface area contributed by atoms with Crippen molar-refractivity contribution < 1.29 is 14.3 Å². The zero-order valence-electron chi connectivity index (χ0n) is 15.8. The normalized spacial score (nSPS) is 17.7. The van der Waals surface area contributed by atoms with Crippen LogP contribution in [0.1, 0.15) is 24.0 Å². The van der Waals surface area contributed by atoms with Crippen molar-refractivity contribution in [2.45, 2.75) is 32.4 Å². The third-order valence-corrected chi connectivity index (χ3v) is 5.21. The van der Waals surface area contributed by atoms with Crippen molar-refractivity contribution >= 4 is 23.6 Å². The molecule has 1 saturated heterocycles. The molecule has 2 amide bonds. The number of methoxy groups -OCH3 is 1. The van der Waals surface area contributed by atoms with E-state index in [2.05, 4.69) is 21.6 Å². The van der Waals surface area contributed by atoms with Crippen molar-refractivity contribution in [3.05, 3.63) is 29.3 Å². The summed E-state index contributed by atoms with van der Waals surface area (Å²) in [6, 6.07) is 5.61. The van der Waals surface area contributed by atoms with E-state index in [4.69, 9.17) is 4.74 Å². The van der Waals surface area contributed by atoms with Gasteiger partial charge in [-0.25, -0.2) is 0 Å². The SMILES string of the molecule is COc1ccc(CN2CCNC(=O)C2CC(=O)NCCCSC)cc1C. The van der Waals surface area contributed by atoms with Crippen LogP contribution < -0.4 is 15.4 Å². The molecule has 0 aromatic heterocycles. The number of aryl methyl sites for hydroxylation is 1. The molecule has 0 aliphatic carbocycles. The van der Waals surface area contributed by atoms with Gasteiger partial charge in [-0.2, -0.15) is 11.8 Å². The predicted octanol–water partition coefficient (Wildman–Crippen LogP) is 1.56. The number of thioether (sulfide) groups is 1. The highest BCUT2D eigenvalue weighted by atomic mass is 32.2. The van der Waals surface area contributed by atoms with E-state index in [1.54, 1.807) is 18.9 Å². The van der Waals surface area contributed by atoms with Crippen LogP contribution in [0.25, 0.3) is 0 Å². The molecule has 0 bridgehead atoms. The first-order valence-corrected chi connectivity index (χ1v) is 10.4. The summed E-state index contributed by atoms with van der Waals surface area (Å²) in [4.78, 5) is 26.6. The lowest BCUT2D eigenvalue weighted by Crippen LogP contribution is -2.56. The number of hydrogen-bond donors (Lipinski definition) is 2. The van der Waals surface area contributed by atoms with Gasteiger partial charge in [0, 0.05) is 26.2 Å². The highest BCUT2D eigenvalue weighted by Gasteiger charge is 2.31. The monoisotopic (exact) mass is 379 g/mol. The lowest BCUT2D eigenvalue weighted by molar-refractivity contribution is -0.134. The zero-order valence-corrected chi connectivity index (χ0v) is 16.7. The maximum atomic E-state index is 12.3. The van der Waals surface area contributed by atoms with Crippen molar-refractivity contribution in [2.75, 3.05) is 38.8 Å². The maximum absolute atomic E-state index is 12.3. The van der Waals surface area contributed by atoms with Gasteiger partial charge in [0.15, 0.2) is 0 Å². The number of carbonyl (C=O) groups excluding carboxylic acids is 2. The van der Waals surface area contributed by atoms with Gasteiger partial charge < -0.3 is 15.4 Å². The Labute approximate surface area is 160 Å².